The summed E-state index contributed by atoms with van der Waals surface area (Å²) in [7, 11) is 2.01. The van der Waals surface area contributed by atoms with E-state index in [0.29, 0.717) is 24.1 Å². The Morgan fingerprint density at radius 2 is 1.85 bits per heavy atom. The maximum absolute atomic E-state index is 10.9. The number of aldehydes is 1. The quantitative estimate of drug-likeness (QED) is 0.295. The summed E-state index contributed by atoms with van der Waals surface area (Å²) in [6, 6.07) is 7.87. The zero-order chi connectivity index (χ0) is 30.5. The highest BCUT2D eigenvalue weighted by Crippen LogP contribution is 2.25. The molecule has 230 valence electrons. The second kappa shape index (κ2) is 18.0. The normalized spacial score (nSPS) is 18.9. The van der Waals surface area contributed by atoms with E-state index in [-0.39, 0.29) is 22.8 Å². The highest BCUT2D eigenvalue weighted by Gasteiger charge is 2.34. The fourth-order valence-corrected chi connectivity index (χ4v) is 5.57. The monoisotopic (exact) mass is 608 g/mol. The predicted molar refractivity (Wildman–Crippen MR) is 171 cm³/mol. The fraction of sp³-hybridized carbons (Fsp3) is 0.645. The molecule has 2 aliphatic rings. The van der Waals surface area contributed by atoms with E-state index in [1.165, 1.54) is 24.0 Å². The number of hydrogen-bond donors (Lipinski definition) is 3. The molecular weight excluding hydrogens is 559 g/mol. The van der Waals surface area contributed by atoms with Crippen molar-refractivity contribution in [2.45, 2.75) is 104 Å². The van der Waals surface area contributed by atoms with Crippen molar-refractivity contribution in [3.8, 4) is 0 Å². The van der Waals surface area contributed by atoms with Crippen LogP contribution in [-0.2, 0) is 6.54 Å². The number of hydrogen-bond acceptors (Lipinski definition) is 8. The minimum Gasteiger partial charge on any atom is -0.390 e. The number of likely N-dealkylation sites (tertiary alicyclic amines) is 1. The molecule has 2 aromatic rings. The summed E-state index contributed by atoms with van der Waals surface area (Å²) in [6.45, 7) is 14.3. The number of piperidine rings is 1. The van der Waals surface area contributed by atoms with Crippen LogP contribution in [0.3, 0.4) is 0 Å². The molecule has 0 spiro atoms. The minimum absolute atomic E-state index is 0.0839. The number of nitrogen functional groups attached to an aromatic ring is 1. The van der Waals surface area contributed by atoms with Crippen molar-refractivity contribution in [2.24, 2.45) is 0 Å². The van der Waals surface area contributed by atoms with E-state index in [1.54, 1.807) is 6.92 Å². The van der Waals surface area contributed by atoms with Crippen LogP contribution in [0.25, 0.3) is 0 Å². The first-order valence-corrected chi connectivity index (χ1v) is 15.7. The van der Waals surface area contributed by atoms with E-state index in [0.717, 1.165) is 62.9 Å². The van der Waals surface area contributed by atoms with E-state index in [1.807, 2.05) is 19.2 Å². The van der Waals surface area contributed by atoms with Gasteiger partial charge in [0.05, 0.1) is 11.8 Å². The number of carbonyl (C=O) groups is 1. The molecule has 2 heterocycles. The number of halogens is 2. The Balaban J connectivity index is 0.000000298. The van der Waals surface area contributed by atoms with Crippen molar-refractivity contribution < 1.29 is 9.90 Å². The molecule has 8 nitrogen and oxygen atoms in total. The van der Waals surface area contributed by atoms with Crippen LogP contribution in [0.4, 0.5) is 5.82 Å². The fourth-order valence-electron chi connectivity index (χ4n) is 5.21. The molecule has 4 rings (SSSR count). The highest BCUT2D eigenvalue weighted by molar-refractivity contribution is 6.30. The Kier molecular flexibility index (Phi) is 15.5. The van der Waals surface area contributed by atoms with Crippen LogP contribution >= 0.6 is 23.2 Å². The van der Waals surface area contributed by atoms with Gasteiger partial charge in [-0.3, -0.25) is 14.6 Å². The van der Waals surface area contributed by atoms with Crippen molar-refractivity contribution in [3.63, 3.8) is 0 Å². The molecule has 1 saturated carbocycles. The van der Waals surface area contributed by atoms with Gasteiger partial charge in [-0.15, -0.1) is 0 Å². The zero-order valence-electron chi connectivity index (χ0n) is 25.7. The summed E-state index contributed by atoms with van der Waals surface area (Å²) in [5, 5.41) is 15.0. The largest absolute Gasteiger partial charge is 0.390 e. The molecule has 0 amide bonds. The summed E-state index contributed by atoms with van der Waals surface area (Å²) in [5.41, 5.74) is 8.48. The second-order valence-electron chi connectivity index (χ2n) is 11.0. The SMILES string of the molecule is CCCN(C(CC)CC)C1CCN(Cc2ccc(Cl)cc2C)CC1O.CNC1CC1.Cc1nc(N)c(C=O)nc1Cl. The van der Waals surface area contributed by atoms with E-state index in [9.17, 15) is 9.90 Å². The first-order chi connectivity index (χ1) is 19.6. The topological polar surface area (TPSA) is 108 Å². The molecule has 0 radical (unpaired) electrons. The van der Waals surface area contributed by atoms with E-state index >= 15 is 0 Å². The summed E-state index contributed by atoms with van der Waals surface area (Å²) in [5.74, 6) is 0.113. The van der Waals surface area contributed by atoms with Crippen LogP contribution in [0, 0.1) is 13.8 Å². The Labute approximate surface area is 257 Å². The van der Waals surface area contributed by atoms with Gasteiger partial charge in [0.25, 0.3) is 0 Å². The number of nitrogens with zero attached hydrogens (tertiary/aromatic N) is 4. The van der Waals surface area contributed by atoms with Crippen LogP contribution < -0.4 is 11.1 Å². The molecule has 10 heteroatoms. The Morgan fingerprint density at radius 3 is 2.34 bits per heavy atom. The van der Waals surface area contributed by atoms with Crippen molar-refractivity contribution in [1.82, 2.24) is 25.1 Å². The van der Waals surface area contributed by atoms with E-state index in [2.05, 4.69) is 58.8 Å². The van der Waals surface area contributed by atoms with Gasteiger partial charge in [-0.2, -0.15) is 0 Å². The molecule has 4 N–H and O–H groups in total. The van der Waals surface area contributed by atoms with Gasteiger partial charge < -0.3 is 16.2 Å². The van der Waals surface area contributed by atoms with Gasteiger partial charge in [-0.1, -0.05) is 50.0 Å². The zero-order valence-corrected chi connectivity index (χ0v) is 27.2. The average molecular weight is 610 g/mol. The smallest absolute Gasteiger partial charge is 0.172 e. The molecule has 2 fully saturated rings. The molecule has 2 atom stereocenters. The van der Waals surface area contributed by atoms with Crippen LogP contribution in [0.2, 0.25) is 10.2 Å². The second-order valence-corrected chi connectivity index (χ2v) is 11.8. The average Bonchev–Trinajstić information content (AvgIpc) is 3.78. The number of benzene rings is 1. The third-order valence-corrected chi connectivity index (χ3v) is 8.41. The number of anilines is 1. The lowest BCUT2D eigenvalue weighted by molar-refractivity contribution is -0.0327. The maximum atomic E-state index is 10.9. The summed E-state index contributed by atoms with van der Waals surface area (Å²) >= 11 is 11.6. The van der Waals surface area contributed by atoms with Gasteiger partial charge in [0.2, 0.25) is 0 Å². The van der Waals surface area contributed by atoms with E-state index < -0.39 is 0 Å². The summed E-state index contributed by atoms with van der Waals surface area (Å²) in [4.78, 5) is 22.7. The lowest BCUT2D eigenvalue weighted by Gasteiger charge is -2.45. The van der Waals surface area contributed by atoms with E-state index in [4.69, 9.17) is 28.9 Å². The number of nitrogens with one attached hydrogen (secondary N) is 1. The van der Waals surface area contributed by atoms with Gasteiger partial charge in [0.15, 0.2) is 17.3 Å². The highest BCUT2D eigenvalue weighted by atomic mass is 35.5. The first-order valence-electron chi connectivity index (χ1n) is 14.9. The van der Waals surface area contributed by atoms with Crippen molar-refractivity contribution in [2.75, 3.05) is 32.4 Å². The lowest BCUT2D eigenvalue weighted by Crippen LogP contribution is -2.56. The summed E-state index contributed by atoms with van der Waals surface area (Å²) in [6.07, 6.45) is 7.56. The number of β-amino-alcohol motifs (C(OH)–C–C–N with tert-alkyl or cyclic N) is 1. The number of aryl methyl sites for hydroxylation is 2. The minimum atomic E-state index is -0.270. The molecule has 1 aliphatic carbocycles. The molecule has 1 saturated heterocycles. The molecule has 1 aromatic heterocycles. The third-order valence-electron chi connectivity index (χ3n) is 7.81. The molecular formula is C31H50Cl2N6O2. The standard InChI is InChI=1S/C21H35ClN2O.C6H6ClN3O.C4H9N/c1-5-11-24(19(6-2)7-3)20-10-12-23(15-21(20)25)14-17-8-9-18(22)13-16(17)4;1-3-5(7)10-4(2-11)6(8)9-3;1-5-4-2-3-4/h8-9,13,19-21,25H,5-7,10-12,14-15H2,1-4H3;2H,1H3,(H2,8,9);4-5H,2-3H2,1H3. The predicted octanol–water partition coefficient (Wildman–Crippen LogP) is 5.69. The molecule has 2 unspecified atom stereocenters. The maximum Gasteiger partial charge on any atom is 0.172 e. The molecule has 41 heavy (non-hydrogen) atoms. The number of aliphatic hydroxyl groups is 1. The van der Waals surface area contributed by atoms with Crippen molar-refractivity contribution in [3.05, 3.63) is 50.9 Å². The van der Waals surface area contributed by atoms with Gasteiger partial charge >= 0.3 is 0 Å². The summed E-state index contributed by atoms with van der Waals surface area (Å²) < 4.78 is 0. The number of carbonyl (C=O) groups excluding carboxylic acids is 1. The van der Waals surface area contributed by atoms with Gasteiger partial charge in [-0.25, -0.2) is 9.97 Å². The lowest BCUT2D eigenvalue weighted by atomic mass is 9.95. The number of nitrogens with two attached hydrogens (primary N) is 1. The number of aromatic nitrogens is 2. The van der Waals surface area contributed by atoms with Crippen LogP contribution in [0.1, 0.15) is 86.6 Å². The van der Waals surface area contributed by atoms with Crippen molar-refractivity contribution >= 4 is 35.3 Å². The van der Waals surface area contributed by atoms with Gasteiger partial charge in [0, 0.05) is 42.8 Å². The Bertz CT molecular complexity index is 1080. The van der Waals surface area contributed by atoms with Crippen molar-refractivity contribution in [1.29, 1.82) is 0 Å². The molecule has 0 bridgehead atoms. The Hall–Kier alpha value is -1.81. The van der Waals surface area contributed by atoms with Crippen LogP contribution in [-0.4, -0.2) is 82.1 Å². The molecule has 1 aromatic carbocycles. The van der Waals surface area contributed by atoms with Gasteiger partial charge in [-0.05, 0) is 89.2 Å². The van der Waals surface area contributed by atoms with Crippen LogP contribution in [0.15, 0.2) is 18.2 Å². The van der Waals surface area contributed by atoms with Crippen LogP contribution in [0.5, 0.6) is 0 Å². The Morgan fingerprint density at radius 1 is 1.17 bits per heavy atom. The number of aliphatic hydroxyl groups excluding tert-OH is 1. The first kappa shape index (κ1) is 35.4. The van der Waals surface area contributed by atoms with Gasteiger partial charge in [0.1, 0.15) is 5.69 Å². The number of rotatable bonds is 10. The molecule has 1 aliphatic heterocycles. The third kappa shape index (κ3) is 11.4.